The first-order valence-corrected chi connectivity index (χ1v) is 10.2. The first kappa shape index (κ1) is 21.5. The van der Waals surface area contributed by atoms with Crippen molar-refractivity contribution in [1.82, 2.24) is 4.90 Å². The van der Waals surface area contributed by atoms with E-state index in [0.29, 0.717) is 6.54 Å². The van der Waals surface area contributed by atoms with Gasteiger partial charge in [0.25, 0.3) is 0 Å². The van der Waals surface area contributed by atoms with Gasteiger partial charge in [-0.15, -0.1) is 0 Å². The van der Waals surface area contributed by atoms with Gasteiger partial charge in [0, 0.05) is 18.5 Å². The Bertz CT molecular complexity index is 925. The molecule has 0 heterocycles. The lowest BCUT2D eigenvalue weighted by Crippen LogP contribution is -2.37. The summed E-state index contributed by atoms with van der Waals surface area (Å²) >= 11 is 0. The van der Waals surface area contributed by atoms with Crippen LogP contribution in [0.3, 0.4) is 0 Å². The highest BCUT2D eigenvalue weighted by Gasteiger charge is 2.26. The van der Waals surface area contributed by atoms with Gasteiger partial charge >= 0.3 is 0 Å². The third-order valence-corrected chi connectivity index (χ3v) is 6.00. The van der Waals surface area contributed by atoms with Crippen molar-refractivity contribution in [3.63, 3.8) is 0 Å². The molecule has 0 bridgehead atoms. The first-order chi connectivity index (χ1) is 13.9. The van der Waals surface area contributed by atoms with Crippen LogP contribution in [0.1, 0.15) is 42.7 Å². The second-order valence-electron chi connectivity index (χ2n) is 7.99. The molecule has 3 aromatic carbocycles. The van der Waals surface area contributed by atoms with Crippen LogP contribution in [-0.4, -0.2) is 39.9 Å². The molecule has 3 aromatic rings. The minimum atomic E-state index is -0.762. The van der Waals surface area contributed by atoms with E-state index >= 15 is 0 Å². The van der Waals surface area contributed by atoms with Gasteiger partial charge in [0.2, 0.25) is 0 Å². The average molecular weight is 394 g/mol. The summed E-state index contributed by atoms with van der Waals surface area (Å²) in [6.07, 6.45) is -1.43. The van der Waals surface area contributed by atoms with Crippen LogP contribution in [0.5, 0.6) is 0 Å². The maximum atomic E-state index is 10.7. The molecule has 0 spiro atoms. The van der Waals surface area contributed by atoms with Crippen LogP contribution < -0.4 is 0 Å². The molecule has 0 saturated carbocycles. The van der Waals surface area contributed by atoms with Crippen molar-refractivity contribution in [3.05, 3.63) is 83.4 Å². The van der Waals surface area contributed by atoms with Crippen LogP contribution in [-0.2, 0) is 6.61 Å². The summed E-state index contributed by atoms with van der Waals surface area (Å²) in [6, 6.07) is 22.1. The van der Waals surface area contributed by atoms with Crippen LogP contribution in [0, 0.1) is 5.92 Å². The van der Waals surface area contributed by atoms with Crippen LogP contribution >= 0.6 is 0 Å². The Balaban J connectivity index is 1.65. The van der Waals surface area contributed by atoms with Gasteiger partial charge < -0.3 is 15.3 Å². The molecule has 4 heteroatoms. The fourth-order valence-electron chi connectivity index (χ4n) is 3.68. The van der Waals surface area contributed by atoms with Gasteiger partial charge in [-0.2, -0.15) is 0 Å². The highest BCUT2D eigenvalue weighted by molar-refractivity contribution is 5.83. The number of hydrogen-bond acceptors (Lipinski definition) is 4. The van der Waals surface area contributed by atoms with Crippen molar-refractivity contribution in [2.75, 3.05) is 13.6 Å². The quantitative estimate of drug-likeness (QED) is 0.540. The lowest BCUT2D eigenvalue weighted by molar-refractivity contribution is 0.000272. The van der Waals surface area contributed by atoms with Gasteiger partial charge in [-0.3, -0.25) is 4.90 Å². The maximum absolute atomic E-state index is 10.7. The summed E-state index contributed by atoms with van der Waals surface area (Å²) in [7, 11) is 2.00. The molecule has 29 heavy (non-hydrogen) atoms. The van der Waals surface area contributed by atoms with Gasteiger partial charge in [-0.05, 0) is 47.5 Å². The molecule has 4 nitrogen and oxygen atoms in total. The largest absolute Gasteiger partial charge is 0.392 e. The fraction of sp³-hybridized carbons (Fsp3) is 0.360. The van der Waals surface area contributed by atoms with Crippen molar-refractivity contribution < 1.29 is 15.3 Å². The Morgan fingerprint density at radius 3 is 2.10 bits per heavy atom. The average Bonchev–Trinajstić information content (AvgIpc) is 2.77. The van der Waals surface area contributed by atoms with Crippen LogP contribution in [0.4, 0.5) is 0 Å². The van der Waals surface area contributed by atoms with E-state index in [0.717, 1.165) is 11.1 Å². The molecule has 0 aromatic heterocycles. The number of nitrogens with zero attached hydrogens (tertiary/aromatic N) is 1. The fourth-order valence-corrected chi connectivity index (χ4v) is 3.68. The number of aliphatic hydroxyl groups is 3. The normalized spacial score (nSPS) is 16.0. The van der Waals surface area contributed by atoms with E-state index in [1.165, 1.54) is 16.3 Å². The second kappa shape index (κ2) is 9.51. The maximum Gasteiger partial charge on any atom is 0.0840 e. The van der Waals surface area contributed by atoms with Crippen molar-refractivity contribution in [2.24, 2.45) is 5.92 Å². The third-order valence-electron chi connectivity index (χ3n) is 6.00. The predicted molar refractivity (Wildman–Crippen MR) is 117 cm³/mol. The lowest BCUT2D eigenvalue weighted by atomic mass is 9.91. The van der Waals surface area contributed by atoms with Crippen LogP contribution in [0.15, 0.2) is 66.7 Å². The molecule has 0 saturated heterocycles. The molecule has 3 N–H and O–H groups in total. The summed E-state index contributed by atoms with van der Waals surface area (Å²) < 4.78 is 0. The highest BCUT2D eigenvalue weighted by atomic mass is 16.3. The molecule has 4 unspecified atom stereocenters. The number of rotatable bonds is 8. The minimum absolute atomic E-state index is 0.0218. The van der Waals surface area contributed by atoms with Gasteiger partial charge in [-0.25, -0.2) is 0 Å². The monoisotopic (exact) mass is 393 g/mol. The highest BCUT2D eigenvalue weighted by Crippen LogP contribution is 2.28. The van der Waals surface area contributed by atoms with E-state index in [1.807, 2.05) is 26.1 Å². The standard InChI is InChI=1S/C25H31NO3/c1-17(25(29)21-10-8-19(16-27)9-11-21)24(28)15-26(3)18(2)22-13-12-20-6-4-5-7-23(20)14-22/h4-14,17-18,24-25,27-29H,15-16H2,1-3H3. The topological polar surface area (TPSA) is 63.9 Å². The van der Waals surface area contributed by atoms with Gasteiger partial charge in [0.05, 0.1) is 18.8 Å². The Morgan fingerprint density at radius 2 is 1.45 bits per heavy atom. The Hall–Kier alpha value is -2.24. The number of benzene rings is 3. The molecule has 3 rings (SSSR count). The molecule has 0 radical (unpaired) electrons. The Kier molecular flexibility index (Phi) is 7.04. The summed E-state index contributed by atoms with van der Waals surface area (Å²) in [5, 5.41) is 33.0. The summed E-state index contributed by atoms with van der Waals surface area (Å²) in [5.41, 5.74) is 2.75. The van der Waals surface area contributed by atoms with E-state index in [4.69, 9.17) is 5.11 Å². The van der Waals surface area contributed by atoms with Crippen molar-refractivity contribution in [2.45, 2.75) is 38.7 Å². The lowest BCUT2D eigenvalue weighted by Gasteiger charge is -2.31. The SMILES string of the molecule is CC(C(O)CN(C)C(C)c1ccc2ccccc2c1)C(O)c1ccc(CO)cc1. The predicted octanol–water partition coefficient (Wildman–Crippen LogP) is 4.06. The number of likely N-dealkylation sites (N-methyl/N-ethyl adjacent to an activating group) is 1. The number of fused-ring (bicyclic) bond motifs is 1. The molecule has 0 fully saturated rings. The van der Waals surface area contributed by atoms with Crippen LogP contribution in [0.25, 0.3) is 10.8 Å². The van der Waals surface area contributed by atoms with Crippen molar-refractivity contribution >= 4 is 10.8 Å². The zero-order chi connectivity index (χ0) is 21.0. The zero-order valence-electron chi connectivity index (χ0n) is 17.4. The molecule has 0 aliphatic carbocycles. The Labute approximate surface area is 173 Å². The third kappa shape index (κ3) is 5.03. The molecule has 4 atom stereocenters. The summed E-state index contributed by atoms with van der Waals surface area (Å²) in [6.45, 7) is 4.43. The molecule has 154 valence electrons. The van der Waals surface area contributed by atoms with Gasteiger partial charge in [-0.1, -0.05) is 67.6 Å². The smallest absolute Gasteiger partial charge is 0.0840 e. The molecule has 0 amide bonds. The van der Waals surface area contributed by atoms with Crippen molar-refractivity contribution in [3.8, 4) is 0 Å². The van der Waals surface area contributed by atoms with E-state index in [1.54, 1.807) is 24.3 Å². The molecule has 0 aliphatic heterocycles. The minimum Gasteiger partial charge on any atom is -0.392 e. The van der Waals surface area contributed by atoms with Crippen molar-refractivity contribution in [1.29, 1.82) is 0 Å². The van der Waals surface area contributed by atoms with Crippen LogP contribution in [0.2, 0.25) is 0 Å². The molecule has 0 aliphatic rings. The zero-order valence-corrected chi connectivity index (χ0v) is 17.4. The van der Waals surface area contributed by atoms with Gasteiger partial charge in [0.15, 0.2) is 0 Å². The second-order valence-corrected chi connectivity index (χ2v) is 7.99. The summed E-state index contributed by atoms with van der Waals surface area (Å²) in [4.78, 5) is 2.12. The number of aliphatic hydroxyl groups excluding tert-OH is 3. The van der Waals surface area contributed by atoms with Gasteiger partial charge in [0.1, 0.15) is 0 Å². The van der Waals surface area contributed by atoms with E-state index in [-0.39, 0.29) is 18.6 Å². The molecular weight excluding hydrogens is 362 g/mol. The van der Waals surface area contributed by atoms with E-state index < -0.39 is 12.2 Å². The molecular formula is C25H31NO3. The van der Waals surface area contributed by atoms with E-state index in [2.05, 4.69) is 42.2 Å². The first-order valence-electron chi connectivity index (χ1n) is 10.2. The van der Waals surface area contributed by atoms with E-state index in [9.17, 15) is 10.2 Å². The number of hydrogen-bond donors (Lipinski definition) is 3. The summed E-state index contributed by atoms with van der Waals surface area (Å²) in [5.74, 6) is -0.318. The Morgan fingerprint density at radius 1 is 0.828 bits per heavy atom.